The van der Waals surface area contributed by atoms with Crippen molar-refractivity contribution in [3.8, 4) is 0 Å². The van der Waals surface area contributed by atoms with Gasteiger partial charge in [0.05, 0.1) is 26.0 Å². The van der Waals surface area contributed by atoms with Gasteiger partial charge in [-0.05, 0) is 30.7 Å². The van der Waals surface area contributed by atoms with Crippen LogP contribution in [-0.2, 0) is 6.42 Å². The van der Waals surface area contributed by atoms with Gasteiger partial charge in [0.25, 0.3) is 0 Å². The molecule has 24 heavy (non-hydrogen) atoms. The van der Waals surface area contributed by atoms with Crippen LogP contribution in [0.25, 0.3) is 15.9 Å². The van der Waals surface area contributed by atoms with Crippen LogP contribution in [0.4, 0.5) is 5.95 Å². The highest BCUT2D eigenvalue weighted by atomic mass is 32.1. The normalized spacial score (nSPS) is 17.8. The zero-order chi connectivity index (χ0) is 16.7. The van der Waals surface area contributed by atoms with Gasteiger partial charge in [-0.2, -0.15) is 9.61 Å². The summed E-state index contributed by atoms with van der Waals surface area (Å²) in [7, 11) is 4.36. The summed E-state index contributed by atoms with van der Waals surface area (Å²) in [5.41, 5.74) is 2.42. The van der Waals surface area contributed by atoms with Crippen molar-refractivity contribution in [2.45, 2.75) is 38.5 Å². The van der Waals surface area contributed by atoms with Crippen LogP contribution in [0.3, 0.4) is 0 Å². The molecule has 128 valence electrons. The quantitative estimate of drug-likeness (QED) is 0.692. The number of quaternary nitrogens is 1. The Balaban J connectivity index is 1.74. The summed E-state index contributed by atoms with van der Waals surface area (Å²) >= 11 is 1.84. The molecule has 1 atom stereocenters. The molecule has 0 unspecified atom stereocenters. The Bertz CT molecular complexity index is 865. The van der Waals surface area contributed by atoms with Crippen LogP contribution in [0.5, 0.6) is 0 Å². The second kappa shape index (κ2) is 6.29. The second-order valence-electron chi connectivity index (χ2n) is 7.08. The molecule has 0 radical (unpaired) electrons. The molecular formula is C17H25N6S+. The number of nitrogens with zero attached hydrogens (tertiary/aromatic N) is 4. The Hall–Kier alpha value is -1.73. The van der Waals surface area contributed by atoms with Gasteiger partial charge in [-0.3, -0.25) is 0 Å². The average Bonchev–Trinajstić information content (AvgIpc) is 3.15. The lowest BCUT2D eigenvalue weighted by Gasteiger charge is -2.18. The minimum atomic E-state index is 0.590. The lowest BCUT2D eigenvalue weighted by Crippen LogP contribution is -3.05. The van der Waals surface area contributed by atoms with E-state index in [9.17, 15) is 0 Å². The first kappa shape index (κ1) is 15.8. The Morgan fingerprint density at radius 3 is 3.12 bits per heavy atom. The lowest BCUT2D eigenvalue weighted by molar-refractivity contribution is -0.858. The fourth-order valence-corrected chi connectivity index (χ4v) is 4.99. The zero-order valence-corrected chi connectivity index (χ0v) is 15.4. The van der Waals surface area contributed by atoms with Crippen molar-refractivity contribution in [1.82, 2.24) is 19.6 Å². The molecule has 0 saturated carbocycles. The smallest absolute Gasteiger partial charge is 0.227 e. The van der Waals surface area contributed by atoms with E-state index in [0.717, 1.165) is 35.9 Å². The Morgan fingerprint density at radius 2 is 2.29 bits per heavy atom. The minimum Gasteiger partial charge on any atom is -0.354 e. The number of nitrogens with one attached hydrogen (secondary N) is 2. The van der Waals surface area contributed by atoms with Crippen molar-refractivity contribution in [3.63, 3.8) is 0 Å². The molecule has 0 spiro atoms. The third kappa shape index (κ3) is 2.65. The third-order valence-corrected chi connectivity index (χ3v) is 6.01. The SMILES string of the molecule is C[C@H]1CCCc2sc3nc(NCCC[NH+](C)C)n4ncnc4c3c21. The van der Waals surface area contributed by atoms with Crippen molar-refractivity contribution in [1.29, 1.82) is 0 Å². The molecule has 4 rings (SSSR count). The van der Waals surface area contributed by atoms with Crippen molar-refractivity contribution in [3.05, 3.63) is 16.8 Å². The molecule has 2 N–H and O–H groups in total. The predicted molar refractivity (Wildman–Crippen MR) is 98.3 cm³/mol. The summed E-state index contributed by atoms with van der Waals surface area (Å²) < 4.78 is 1.87. The predicted octanol–water partition coefficient (Wildman–Crippen LogP) is 1.73. The van der Waals surface area contributed by atoms with E-state index in [-0.39, 0.29) is 0 Å². The van der Waals surface area contributed by atoms with E-state index in [4.69, 9.17) is 4.98 Å². The number of rotatable bonds is 5. The van der Waals surface area contributed by atoms with Gasteiger partial charge in [-0.1, -0.05) is 6.92 Å². The molecule has 0 fully saturated rings. The Kier molecular flexibility index (Phi) is 4.14. The van der Waals surface area contributed by atoms with Gasteiger partial charge in [0.1, 0.15) is 11.2 Å². The maximum absolute atomic E-state index is 4.89. The summed E-state index contributed by atoms with van der Waals surface area (Å²) in [6, 6.07) is 0. The zero-order valence-electron chi connectivity index (χ0n) is 14.6. The Labute approximate surface area is 145 Å². The number of anilines is 1. The average molecular weight is 345 g/mol. The van der Waals surface area contributed by atoms with Crippen LogP contribution in [0, 0.1) is 0 Å². The van der Waals surface area contributed by atoms with Crippen LogP contribution in [-0.4, -0.2) is 46.8 Å². The lowest BCUT2D eigenvalue weighted by atomic mass is 9.87. The second-order valence-corrected chi connectivity index (χ2v) is 8.16. The maximum Gasteiger partial charge on any atom is 0.227 e. The van der Waals surface area contributed by atoms with Crippen molar-refractivity contribution >= 4 is 33.1 Å². The summed E-state index contributed by atoms with van der Waals surface area (Å²) in [5, 5.41) is 9.10. The van der Waals surface area contributed by atoms with E-state index in [2.05, 4.69) is 36.4 Å². The minimum absolute atomic E-state index is 0.590. The first-order chi connectivity index (χ1) is 11.6. The Morgan fingerprint density at radius 1 is 1.42 bits per heavy atom. The highest BCUT2D eigenvalue weighted by Gasteiger charge is 2.25. The number of hydrogen-bond acceptors (Lipinski definition) is 5. The number of fused-ring (bicyclic) bond motifs is 5. The number of aromatic nitrogens is 4. The van der Waals surface area contributed by atoms with E-state index in [1.807, 2.05) is 15.9 Å². The van der Waals surface area contributed by atoms with E-state index in [1.54, 1.807) is 6.33 Å². The first-order valence-electron chi connectivity index (χ1n) is 8.83. The van der Waals surface area contributed by atoms with Crippen LogP contribution >= 0.6 is 11.3 Å². The van der Waals surface area contributed by atoms with Gasteiger partial charge in [-0.25, -0.2) is 9.97 Å². The molecule has 0 saturated heterocycles. The van der Waals surface area contributed by atoms with E-state index in [0.29, 0.717) is 5.92 Å². The fourth-order valence-electron chi connectivity index (χ4n) is 3.66. The fraction of sp³-hybridized carbons (Fsp3) is 0.588. The molecule has 0 bridgehead atoms. The van der Waals surface area contributed by atoms with Crippen LogP contribution in [0.15, 0.2) is 6.33 Å². The summed E-state index contributed by atoms with van der Waals surface area (Å²) in [4.78, 5) is 13.5. The van der Waals surface area contributed by atoms with E-state index >= 15 is 0 Å². The summed E-state index contributed by atoms with van der Waals surface area (Å²) in [6.45, 7) is 4.37. The largest absolute Gasteiger partial charge is 0.354 e. The van der Waals surface area contributed by atoms with E-state index < -0.39 is 0 Å². The highest BCUT2D eigenvalue weighted by molar-refractivity contribution is 7.19. The molecule has 3 aromatic rings. The number of thiophene rings is 1. The molecule has 6 nitrogen and oxygen atoms in total. The summed E-state index contributed by atoms with van der Waals surface area (Å²) in [6.07, 6.45) is 6.46. The monoisotopic (exact) mass is 345 g/mol. The highest BCUT2D eigenvalue weighted by Crippen LogP contribution is 2.43. The summed E-state index contributed by atoms with van der Waals surface area (Å²) in [5.74, 6) is 1.40. The molecule has 3 aromatic heterocycles. The topological polar surface area (TPSA) is 59.6 Å². The number of hydrogen-bond donors (Lipinski definition) is 2. The van der Waals surface area contributed by atoms with Gasteiger partial charge in [0.15, 0.2) is 5.65 Å². The molecule has 0 aromatic carbocycles. The van der Waals surface area contributed by atoms with Crippen LogP contribution < -0.4 is 10.2 Å². The van der Waals surface area contributed by atoms with Crippen LogP contribution in [0.2, 0.25) is 0 Å². The van der Waals surface area contributed by atoms with E-state index in [1.165, 1.54) is 40.0 Å². The molecule has 1 aliphatic carbocycles. The molecule has 0 amide bonds. The van der Waals surface area contributed by atoms with Crippen molar-refractivity contribution < 1.29 is 4.90 Å². The van der Waals surface area contributed by atoms with Crippen molar-refractivity contribution in [2.24, 2.45) is 0 Å². The van der Waals surface area contributed by atoms with Gasteiger partial charge < -0.3 is 10.2 Å². The molecule has 0 aliphatic heterocycles. The molecule has 7 heteroatoms. The first-order valence-corrected chi connectivity index (χ1v) is 9.64. The van der Waals surface area contributed by atoms with Gasteiger partial charge >= 0.3 is 0 Å². The van der Waals surface area contributed by atoms with Gasteiger partial charge in [-0.15, -0.1) is 11.3 Å². The third-order valence-electron chi connectivity index (χ3n) is 4.85. The van der Waals surface area contributed by atoms with Gasteiger partial charge in [0.2, 0.25) is 5.95 Å². The standard InChI is InChI=1S/C17H24N6S/c1-11-6-4-7-12-13(11)14-15-19-10-20-23(15)17(21-16(14)24-12)18-8-5-9-22(2)3/h10-11H,4-9H2,1-3H3,(H,18,21)/p+1/t11-/m0/s1. The molecule has 3 heterocycles. The number of aryl methyl sites for hydroxylation is 1. The van der Waals surface area contributed by atoms with Crippen LogP contribution in [0.1, 0.15) is 42.5 Å². The molecule has 1 aliphatic rings. The maximum atomic E-state index is 4.89. The van der Waals surface area contributed by atoms with Crippen molar-refractivity contribution in [2.75, 3.05) is 32.5 Å². The van der Waals surface area contributed by atoms with Gasteiger partial charge in [0, 0.05) is 17.8 Å². The molecular weight excluding hydrogens is 320 g/mol.